The van der Waals surface area contributed by atoms with E-state index < -0.39 is 5.91 Å². The molecule has 4 aromatic rings. The highest BCUT2D eigenvalue weighted by atomic mass is 32.1. The first-order valence-electron chi connectivity index (χ1n) is 9.05. The molecule has 0 saturated carbocycles. The van der Waals surface area contributed by atoms with E-state index in [2.05, 4.69) is 10.6 Å². The Balaban J connectivity index is 1.36. The molecule has 1 aromatic heterocycles. The summed E-state index contributed by atoms with van der Waals surface area (Å²) in [5.41, 5.74) is 2.45. The summed E-state index contributed by atoms with van der Waals surface area (Å²) in [4.78, 5) is 12.4. The Labute approximate surface area is 173 Å². The second-order valence-corrected chi connectivity index (χ2v) is 6.77. The molecular formula is C23H18N2O3S. The van der Waals surface area contributed by atoms with Crippen LogP contribution in [0, 0.1) is 0 Å². The van der Waals surface area contributed by atoms with Crippen LogP contribution in [0.3, 0.4) is 0 Å². The van der Waals surface area contributed by atoms with Crippen molar-refractivity contribution in [3.63, 3.8) is 0 Å². The standard InChI is InChI=1S/C23H18N2O3S/c26-22(21-13-17-9-4-5-12-20(17)28-21)25-23(29)24-18-10-6-11-19(14-18)27-15-16-7-2-1-3-8-16/h1-14H,15H2,(H2,24,25,26,29). The summed E-state index contributed by atoms with van der Waals surface area (Å²) in [6.07, 6.45) is 0. The molecule has 5 nitrogen and oxygen atoms in total. The number of rotatable bonds is 5. The highest BCUT2D eigenvalue weighted by Gasteiger charge is 2.13. The molecule has 0 radical (unpaired) electrons. The van der Waals surface area contributed by atoms with E-state index >= 15 is 0 Å². The van der Waals surface area contributed by atoms with Gasteiger partial charge in [-0.3, -0.25) is 10.1 Å². The first-order valence-corrected chi connectivity index (χ1v) is 9.46. The van der Waals surface area contributed by atoms with E-state index in [0.717, 1.165) is 10.9 Å². The van der Waals surface area contributed by atoms with Crippen molar-refractivity contribution in [1.82, 2.24) is 5.32 Å². The summed E-state index contributed by atoms with van der Waals surface area (Å²) in [5.74, 6) is 0.496. The molecule has 0 bridgehead atoms. The molecule has 0 spiro atoms. The monoisotopic (exact) mass is 402 g/mol. The quantitative estimate of drug-likeness (QED) is 0.453. The molecular weight excluding hydrogens is 384 g/mol. The maximum Gasteiger partial charge on any atom is 0.293 e. The molecule has 0 aliphatic heterocycles. The fourth-order valence-corrected chi connectivity index (χ4v) is 3.04. The first-order chi connectivity index (χ1) is 14.2. The lowest BCUT2D eigenvalue weighted by molar-refractivity contribution is 0.0953. The van der Waals surface area contributed by atoms with Gasteiger partial charge in [-0.15, -0.1) is 0 Å². The minimum atomic E-state index is -0.407. The number of anilines is 1. The zero-order valence-corrected chi connectivity index (χ0v) is 16.2. The van der Waals surface area contributed by atoms with Crippen molar-refractivity contribution in [3.8, 4) is 5.75 Å². The van der Waals surface area contributed by atoms with Gasteiger partial charge in [0.15, 0.2) is 10.9 Å². The van der Waals surface area contributed by atoms with Crippen LogP contribution < -0.4 is 15.4 Å². The normalized spacial score (nSPS) is 10.5. The Morgan fingerprint density at radius 3 is 2.55 bits per heavy atom. The number of fused-ring (bicyclic) bond motifs is 1. The second kappa shape index (κ2) is 8.58. The molecule has 2 N–H and O–H groups in total. The van der Waals surface area contributed by atoms with Gasteiger partial charge in [0.25, 0.3) is 5.91 Å². The summed E-state index contributed by atoms with van der Waals surface area (Å²) in [5, 5.41) is 6.66. The van der Waals surface area contributed by atoms with Crippen LogP contribution in [-0.2, 0) is 6.61 Å². The average molecular weight is 402 g/mol. The van der Waals surface area contributed by atoms with Crippen molar-refractivity contribution in [2.24, 2.45) is 0 Å². The molecule has 1 heterocycles. The maximum absolute atomic E-state index is 12.4. The van der Waals surface area contributed by atoms with Crippen molar-refractivity contribution in [2.45, 2.75) is 6.61 Å². The molecule has 144 valence electrons. The van der Waals surface area contributed by atoms with Crippen molar-refractivity contribution in [1.29, 1.82) is 0 Å². The van der Waals surface area contributed by atoms with Crippen molar-refractivity contribution in [3.05, 3.63) is 96.3 Å². The molecule has 4 rings (SSSR count). The number of benzene rings is 3. The minimum absolute atomic E-state index is 0.177. The Kier molecular flexibility index (Phi) is 5.54. The molecule has 3 aromatic carbocycles. The van der Waals surface area contributed by atoms with Crippen LogP contribution in [0.15, 0.2) is 89.3 Å². The highest BCUT2D eigenvalue weighted by Crippen LogP contribution is 2.20. The topological polar surface area (TPSA) is 63.5 Å². The van der Waals surface area contributed by atoms with Gasteiger partial charge >= 0.3 is 0 Å². The van der Waals surface area contributed by atoms with Gasteiger partial charge in [0.1, 0.15) is 17.9 Å². The number of amides is 1. The van der Waals surface area contributed by atoms with E-state index in [1.54, 1.807) is 6.07 Å². The van der Waals surface area contributed by atoms with Gasteiger partial charge in [0.2, 0.25) is 0 Å². The number of thiocarbonyl (C=S) groups is 1. The number of furan rings is 1. The van der Waals surface area contributed by atoms with Crippen LogP contribution in [0.5, 0.6) is 5.75 Å². The third kappa shape index (κ3) is 4.80. The number of carbonyl (C=O) groups excluding carboxylic acids is 1. The number of nitrogens with one attached hydrogen (secondary N) is 2. The Morgan fingerprint density at radius 1 is 0.931 bits per heavy atom. The van der Waals surface area contributed by atoms with E-state index in [-0.39, 0.29) is 10.9 Å². The second-order valence-electron chi connectivity index (χ2n) is 6.36. The molecule has 0 saturated heterocycles. The van der Waals surface area contributed by atoms with E-state index in [0.29, 0.717) is 23.6 Å². The maximum atomic E-state index is 12.4. The highest BCUT2D eigenvalue weighted by molar-refractivity contribution is 7.80. The van der Waals surface area contributed by atoms with Crippen LogP contribution >= 0.6 is 12.2 Å². The summed E-state index contributed by atoms with van der Waals surface area (Å²) >= 11 is 5.25. The molecule has 1 amide bonds. The van der Waals surface area contributed by atoms with Crippen molar-refractivity contribution < 1.29 is 13.9 Å². The largest absolute Gasteiger partial charge is 0.489 e. The number of ether oxygens (including phenoxy) is 1. The van der Waals surface area contributed by atoms with Crippen LogP contribution in [0.25, 0.3) is 11.0 Å². The van der Waals surface area contributed by atoms with Gasteiger partial charge in [-0.1, -0.05) is 54.6 Å². The molecule has 0 unspecified atom stereocenters. The third-order valence-corrected chi connectivity index (χ3v) is 4.42. The minimum Gasteiger partial charge on any atom is -0.489 e. The molecule has 6 heteroatoms. The predicted molar refractivity (Wildman–Crippen MR) is 117 cm³/mol. The number of para-hydroxylation sites is 1. The lowest BCUT2D eigenvalue weighted by atomic mass is 10.2. The Morgan fingerprint density at radius 2 is 1.72 bits per heavy atom. The zero-order chi connectivity index (χ0) is 20.1. The Bertz CT molecular complexity index is 1120. The van der Waals surface area contributed by atoms with Crippen LogP contribution in [0.4, 0.5) is 5.69 Å². The lowest BCUT2D eigenvalue weighted by Gasteiger charge is -2.11. The molecule has 0 fully saturated rings. The Hall–Kier alpha value is -3.64. The van der Waals surface area contributed by atoms with Gasteiger partial charge in [-0.25, -0.2) is 0 Å². The fourth-order valence-electron chi connectivity index (χ4n) is 2.83. The summed E-state index contributed by atoms with van der Waals surface area (Å²) in [7, 11) is 0. The van der Waals surface area contributed by atoms with Crippen LogP contribution in [-0.4, -0.2) is 11.0 Å². The molecule has 0 atom stereocenters. The molecule has 0 aliphatic rings. The van der Waals surface area contributed by atoms with E-state index in [1.807, 2.05) is 78.9 Å². The average Bonchev–Trinajstić information content (AvgIpc) is 3.18. The van der Waals surface area contributed by atoms with Gasteiger partial charge in [-0.05, 0) is 42.0 Å². The smallest absolute Gasteiger partial charge is 0.293 e. The van der Waals surface area contributed by atoms with E-state index in [9.17, 15) is 4.79 Å². The molecule has 29 heavy (non-hydrogen) atoms. The van der Waals surface area contributed by atoms with Gasteiger partial charge in [0.05, 0.1) is 0 Å². The van der Waals surface area contributed by atoms with Crippen LogP contribution in [0.1, 0.15) is 16.1 Å². The van der Waals surface area contributed by atoms with E-state index in [4.69, 9.17) is 21.4 Å². The number of hydrogen-bond donors (Lipinski definition) is 2. The van der Waals surface area contributed by atoms with Gasteiger partial charge in [-0.2, -0.15) is 0 Å². The SMILES string of the molecule is O=C(NC(=S)Nc1cccc(OCc2ccccc2)c1)c1cc2ccccc2o1. The summed E-state index contributed by atoms with van der Waals surface area (Å²) in [6.45, 7) is 0.470. The third-order valence-electron chi connectivity index (χ3n) is 4.22. The van der Waals surface area contributed by atoms with Gasteiger partial charge in [0, 0.05) is 17.1 Å². The summed E-state index contributed by atoms with van der Waals surface area (Å²) < 4.78 is 11.4. The van der Waals surface area contributed by atoms with Crippen molar-refractivity contribution in [2.75, 3.05) is 5.32 Å². The van der Waals surface area contributed by atoms with E-state index in [1.165, 1.54) is 0 Å². The number of hydrogen-bond acceptors (Lipinski definition) is 4. The first kappa shape index (κ1) is 18.7. The fraction of sp³-hybridized carbons (Fsp3) is 0.0435. The number of carbonyl (C=O) groups is 1. The predicted octanol–water partition coefficient (Wildman–Crippen LogP) is 5.14. The molecule has 0 aliphatic carbocycles. The zero-order valence-electron chi connectivity index (χ0n) is 15.4. The van der Waals surface area contributed by atoms with Crippen LogP contribution in [0.2, 0.25) is 0 Å². The van der Waals surface area contributed by atoms with Gasteiger partial charge < -0.3 is 14.5 Å². The lowest BCUT2D eigenvalue weighted by Crippen LogP contribution is -2.33. The van der Waals surface area contributed by atoms with Crippen molar-refractivity contribution >= 4 is 39.9 Å². The summed E-state index contributed by atoms with van der Waals surface area (Å²) in [6, 6.07) is 26.4.